The minimum Gasteiger partial charge on any atom is -0.410 e. The van der Waals surface area contributed by atoms with E-state index in [0.29, 0.717) is 17.7 Å². The number of likely N-dealkylation sites (N-methyl/N-ethyl adjacent to an activating group) is 1. The zero-order valence-electron chi connectivity index (χ0n) is 11.6. The van der Waals surface area contributed by atoms with Crippen molar-refractivity contribution in [3.05, 3.63) is 28.7 Å². The molecule has 0 N–H and O–H groups in total. The molecule has 20 heavy (non-hydrogen) atoms. The summed E-state index contributed by atoms with van der Waals surface area (Å²) in [5.74, 6) is 1.23. The van der Waals surface area contributed by atoms with Crippen LogP contribution in [0.1, 0.15) is 12.8 Å². The van der Waals surface area contributed by atoms with Gasteiger partial charge in [-0.25, -0.2) is 4.79 Å². The standard InChI is InChI=1S/C15H19BrN2O2/c1-17-7-6-11-8-13(17)10-18(9-11)15(19)20-14-4-2-12(16)3-5-14/h2-5,11,13H,6-10H2,1H3. The Morgan fingerprint density at radius 2 is 2.05 bits per heavy atom. The molecular formula is C15H19BrN2O2. The highest BCUT2D eigenvalue weighted by atomic mass is 79.9. The van der Waals surface area contributed by atoms with Gasteiger partial charge in [0, 0.05) is 23.6 Å². The number of hydrogen-bond acceptors (Lipinski definition) is 3. The number of benzene rings is 1. The molecule has 0 spiro atoms. The number of nitrogens with zero attached hydrogens (tertiary/aromatic N) is 2. The van der Waals surface area contributed by atoms with E-state index in [-0.39, 0.29) is 6.09 Å². The summed E-state index contributed by atoms with van der Waals surface area (Å²) in [5.41, 5.74) is 0. The van der Waals surface area contributed by atoms with Gasteiger partial charge in [0.1, 0.15) is 5.75 Å². The first-order valence-electron chi connectivity index (χ1n) is 7.04. The fourth-order valence-electron chi connectivity index (χ4n) is 3.09. The Morgan fingerprint density at radius 3 is 2.80 bits per heavy atom. The quantitative estimate of drug-likeness (QED) is 0.789. The molecule has 2 atom stereocenters. The summed E-state index contributed by atoms with van der Waals surface area (Å²) in [6.07, 6.45) is 2.16. The Hall–Kier alpha value is -1.07. The zero-order valence-corrected chi connectivity index (χ0v) is 13.2. The predicted octanol–water partition coefficient (Wildman–Crippen LogP) is 2.97. The second-order valence-electron chi connectivity index (χ2n) is 5.75. The van der Waals surface area contributed by atoms with Gasteiger partial charge >= 0.3 is 6.09 Å². The first kappa shape index (κ1) is 13.9. The number of hydrogen-bond donors (Lipinski definition) is 0. The molecule has 2 saturated heterocycles. The average molecular weight is 339 g/mol. The number of amides is 1. The van der Waals surface area contributed by atoms with Gasteiger partial charge in [-0.05, 0) is 56.6 Å². The van der Waals surface area contributed by atoms with Crippen molar-refractivity contribution in [3.63, 3.8) is 0 Å². The number of ether oxygens (including phenoxy) is 1. The minimum atomic E-state index is -0.225. The Morgan fingerprint density at radius 1 is 1.30 bits per heavy atom. The van der Waals surface area contributed by atoms with Crippen molar-refractivity contribution in [3.8, 4) is 5.75 Å². The number of carbonyl (C=O) groups is 1. The molecule has 2 fully saturated rings. The lowest BCUT2D eigenvalue weighted by Gasteiger charge is -2.45. The molecule has 2 unspecified atom stereocenters. The number of fused-ring (bicyclic) bond motifs is 2. The summed E-state index contributed by atoms with van der Waals surface area (Å²) in [5, 5.41) is 0. The molecule has 2 heterocycles. The van der Waals surface area contributed by atoms with E-state index in [1.807, 2.05) is 17.0 Å². The van der Waals surface area contributed by atoms with Crippen LogP contribution < -0.4 is 4.74 Å². The summed E-state index contributed by atoms with van der Waals surface area (Å²) in [6.45, 7) is 2.76. The molecule has 0 radical (unpaired) electrons. The van der Waals surface area contributed by atoms with Crippen molar-refractivity contribution in [1.29, 1.82) is 0 Å². The van der Waals surface area contributed by atoms with Crippen molar-refractivity contribution in [2.45, 2.75) is 18.9 Å². The molecule has 108 valence electrons. The van der Waals surface area contributed by atoms with Crippen LogP contribution in [0.5, 0.6) is 5.75 Å². The second kappa shape index (κ2) is 5.74. The van der Waals surface area contributed by atoms with E-state index in [9.17, 15) is 4.79 Å². The Kier molecular flexibility index (Phi) is 3.98. The van der Waals surface area contributed by atoms with E-state index >= 15 is 0 Å². The maximum Gasteiger partial charge on any atom is 0.415 e. The van der Waals surface area contributed by atoms with Gasteiger partial charge in [0.2, 0.25) is 0 Å². The van der Waals surface area contributed by atoms with Crippen LogP contribution >= 0.6 is 15.9 Å². The molecule has 2 aliphatic rings. The first-order chi connectivity index (χ1) is 9.61. The largest absolute Gasteiger partial charge is 0.415 e. The maximum atomic E-state index is 12.3. The molecule has 1 aromatic carbocycles. The van der Waals surface area contributed by atoms with E-state index in [1.165, 1.54) is 12.8 Å². The number of likely N-dealkylation sites (tertiary alicyclic amines) is 2. The van der Waals surface area contributed by atoms with Crippen LogP contribution in [0.25, 0.3) is 0 Å². The van der Waals surface area contributed by atoms with Crippen LogP contribution in [0.2, 0.25) is 0 Å². The predicted molar refractivity (Wildman–Crippen MR) is 80.9 cm³/mol. The molecule has 3 rings (SSSR count). The fraction of sp³-hybridized carbons (Fsp3) is 0.533. The lowest BCUT2D eigenvalue weighted by Crippen LogP contribution is -2.55. The first-order valence-corrected chi connectivity index (χ1v) is 7.83. The topological polar surface area (TPSA) is 32.8 Å². The smallest absolute Gasteiger partial charge is 0.410 e. The zero-order chi connectivity index (χ0) is 14.1. The van der Waals surface area contributed by atoms with Crippen molar-refractivity contribution in [1.82, 2.24) is 9.80 Å². The normalized spacial score (nSPS) is 26.4. The number of piperidine rings is 2. The fourth-order valence-corrected chi connectivity index (χ4v) is 3.35. The highest BCUT2D eigenvalue weighted by Gasteiger charge is 2.36. The molecule has 0 saturated carbocycles. The highest BCUT2D eigenvalue weighted by molar-refractivity contribution is 9.10. The third-order valence-corrected chi connectivity index (χ3v) is 4.83. The van der Waals surface area contributed by atoms with Gasteiger partial charge in [-0.1, -0.05) is 15.9 Å². The van der Waals surface area contributed by atoms with Crippen molar-refractivity contribution in [2.24, 2.45) is 5.92 Å². The van der Waals surface area contributed by atoms with E-state index in [0.717, 1.165) is 24.1 Å². The van der Waals surface area contributed by atoms with Crippen LogP contribution in [0.3, 0.4) is 0 Å². The highest BCUT2D eigenvalue weighted by Crippen LogP contribution is 2.28. The second-order valence-corrected chi connectivity index (χ2v) is 6.67. The number of halogens is 1. The summed E-state index contributed by atoms with van der Waals surface area (Å²) >= 11 is 3.37. The van der Waals surface area contributed by atoms with Crippen molar-refractivity contribution >= 4 is 22.0 Å². The SMILES string of the molecule is CN1CCC2CC1CN(C(=O)Oc1ccc(Br)cc1)C2. The number of rotatable bonds is 1. The summed E-state index contributed by atoms with van der Waals surface area (Å²) in [7, 11) is 2.14. The van der Waals surface area contributed by atoms with E-state index < -0.39 is 0 Å². The molecule has 5 heteroatoms. The summed E-state index contributed by atoms with van der Waals surface area (Å²) in [4.78, 5) is 16.5. The Bertz CT molecular complexity index is 491. The van der Waals surface area contributed by atoms with Crippen LogP contribution in [0.15, 0.2) is 28.7 Å². The van der Waals surface area contributed by atoms with Gasteiger partial charge in [-0.15, -0.1) is 0 Å². The molecule has 4 nitrogen and oxygen atoms in total. The van der Waals surface area contributed by atoms with Gasteiger partial charge in [-0.2, -0.15) is 0 Å². The summed E-state index contributed by atoms with van der Waals surface area (Å²) in [6, 6.07) is 7.85. The van der Waals surface area contributed by atoms with Gasteiger partial charge in [0.15, 0.2) is 0 Å². The lowest BCUT2D eigenvalue weighted by molar-refractivity contribution is 0.0405. The van der Waals surface area contributed by atoms with Gasteiger partial charge in [-0.3, -0.25) is 0 Å². The summed E-state index contributed by atoms with van der Waals surface area (Å²) < 4.78 is 6.44. The van der Waals surface area contributed by atoms with Gasteiger partial charge in [0.25, 0.3) is 0 Å². The molecule has 0 aromatic heterocycles. The van der Waals surface area contributed by atoms with E-state index in [4.69, 9.17) is 4.74 Å². The Labute approximate surface area is 127 Å². The van der Waals surface area contributed by atoms with Crippen LogP contribution in [-0.4, -0.2) is 48.6 Å². The van der Waals surface area contributed by atoms with Gasteiger partial charge < -0.3 is 14.5 Å². The van der Waals surface area contributed by atoms with Crippen LogP contribution in [0, 0.1) is 5.92 Å². The van der Waals surface area contributed by atoms with Gasteiger partial charge in [0.05, 0.1) is 0 Å². The maximum absolute atomic E-state index is 12.3. The van der Waals surface area contributed by atoms with E-state index in [1.54, 1.807) is 12.1 Å². The minimum absolute atomic E-state index is 0.225. The molecule has 1 aromatic rings. The molecule has 2 aliphatic heterocycles. The molecule has 2 bridgehead atoms. The average Bonchev–Trinajstić information content (AvgIpc) is 2.45. The third-order valence-electron chi connectivity index (χ3n) is 4.31. The number of carbonyl (C=O) groups excluding carboxylic acids is 1. The molecule has 1 amide bonds. The molecule has 0 aliphatic carbocycles. The van der Waals surface area contributed by atoms with Crippen molar-refractivity contribution in [2.75, 3.05) is 26.7 Å². The van der Waals surface area contributed by atoms with Crippen molar-refractivity contribution < 1.29 is 9.53 Å². The van der Waals surface area contributed by atoms with Crippen LogP contribution in [0.4, 0.5) is 4.79 Å². The monoisotopic (exact) mass is 338 g/mol. The van der Waals surface area contributed by atoms with Crippen LogP contribution in [-0.2, 0) is 0 Å². The van der Waals surface area contributed by atoms with E-state index in [2.05, 4.69) is 27.9 Å². The lowest BCUT2D eigenvalue weighted by atomic mass is 9.87. The molecular weight excluding hydrogens is 320 g/mol. The Balaban J connectivity index is 1.64. The third kappa shape index (κ3) is 2.99.